The van der Waals surface area contributed by atoms with Gasteiger partial charge in [-0.2, -0.15) is 0 Å². The Morgan fingerprint density at radius 2 is 2.00 bits per heavy atom. The van der Waals surface area contributed by atoms with Gasteiger partial charge in [-0.1, -0.05) is 0 Å². The van der Waals surface area contributed by atoms with Crippen molar-refractivity contribution < 1.29 is 19.4 Å². The number of carbonyl (C=O) groups excluding carboxylic acids is 1. The summed E-state index contributed by atoms with van der Waals surface area (Å²) in [6, 6.07) is 0. The number of amides is 1. The third-order valence-corrected chi connectivity index (χ3v) is 1.80. The van der Waals surface area contributed by atoms with Crippen LogP contribution < -0.4 is 5.32 Å². The Morgan fingerprint density at radius 3 is 2.57 bits per heavy atom. The van der Waals surface area contributed by atoms with Gasteiger partial charge in [-0.15, -0.1) is 0 Å². The summed E-state index contributed by atoms with van der Waals surface area (Å²) >= 11 is 0. The highest BCUT2D eigenvalue weighted by Gasteiger charge is 2.25. The minimum Gasteiger partial charge on any atom is -0.508 e. The first kappa shape index (κ1) is 11.0. The van der Waals surface area contributed by atoms with Gasteiger partial charge < -0.3 is 19.9 Å². The fraction of sp³-hybridized carbons (Fsp3) is 0.667. The van der Waals surface area contributed by atoms with E-state index in [1.807, 2.05) is 0 Å². The molecule has 0 unspecified atom stereocenters. The van der Waals surface area contributed by atoms with E-state index in [0.29, 0.717) is 5.70 Å². The molecule has 1 rings (SSSR count). The SMILES string of the molecule is CC(=O)NC1=C(O)COC(C)(C)OC1. The molecule has 0 atom stereocenters. The van der Waals surface area contributed by atoms with E-state index in [4.69, 9.17) is 9.47 Å². The summed E-state index contributed by atoms with van der Waals surface area (Å²) in [6.07, 6.45) is 0. The molecule has 0 fully saturated rings. The lowest BCUT2D eigenvalue weighted by molar-refractivity contribution is -0.199. The van der Waals surface area contributed by atoms with Gasteiger partial charge >= 0.3 is 0 Å². The second-order valence-electron chi connectivity index (χ2n) is 3.58. The van der Waals surface area contributed by atoms with Crippen molar-refractivity contribution in [3.05, 3.63) is 11.5 Å². The van der Waals surface area contributed by atoms with E-state index >= 15 is 0 Å². The van der Waals surface area contributed by atoms with Crippen molar-refractivity contribution in [2.45, 2.75) is 26.6 Å². The molecule has 1 heterocycles. The molecule has 5 nitrogen and oxygen atoms in total. The second-order valence-corrected chi connectivity index (χ2v) is 3.58. The van der Waals surface area contributed by atoms with Crippen LogP contribution in [0.4, 0.5) is 0 Å². The van der Waals surface area contributed by atoms with E-state index in [2.05, 4.69) is 5.32 Å². The first-order valence-corrected chi connectivity index (χ1v) is 4.37. The summed E-state index contributed by atoms with van der Waals surface area (Å²) in [7, 11) is 0. The summed E-state index contributed by atoms with van der Waals surface area (Å²) in [4.78, 5) is 10.8. The van der Waals surface area contributed by atoms with Crippen LogP contribution in [0.15, 0.2) is 11.5 Å². The largest absolute Gasteiger partial charge is 0.508 e. The van der Waals surface area contributed by atoms with Gasteiger partial charge in [0.1, 0.15) is 12.4 Å². The molecule has 14 heavy (non-hydrogen) atoms. The van der Waals surface area contributed by atoms with E-state index in [9.17, 15) is 9.90 Å². The third-order valence-electron chi connectivity index (χ3n) is 1.80. The number of aliphatic hydroxyl groups is 1. The normalized spacial score (nSPS) is 21.6. The van der Waals surface area contributed by atoms with Crippen LogP contribution in [0.2, 0.25) is 0 Å². The molecule has 5 heteroatoms. The Bertz CT molecular complexity index is 270. The predicted molar refractivity (Wildman–Crippen MR) is 49.5 cm³/mol. The molecule has 0 saturated carbocycles. The van der Waals surface area contributed by atoms with Crippen LogP contribution >= 0.6 is 0 Å². The first-order chi connectivity index (χ1) is 6.41. The average Bonchev–Trinajstić information content (AvgIpc) is 2.17. The van der Waals surface area contributed by atoms with E-state index in [0.717, 1.165) is 0 Å². The second kappa shape index (κ2) is 3.98. The van der Waals surface area contributed by atoms with Gasteiger partial charge in [0.15, 0.2) is 5.79 Å². The molecule has 80 valence electrons. The van der Waals surface area contributed by atoms with Crippen molar-refractivity contribution in [1.82, 2.24) is 5.32 Å². The Hall–Kier alpha value is -1.07. The zero-order chi connectivity index (χ0) is 10.8. The Labute approximate surface area is 82.7 Å². The van der Waals surface area contributed by atoms with Crippen molar-refractivity contribution in [2.24, 2.45) is 0 Å². The standard InChI is InChI=1S/C9H15NO4/c1-6(11)10-7-4-13-9(2,3)14-5-8(7)12/h12H,4-5H2,1-3H3,(H,10,11). The smallest absolute Gasteiger partial charge is 0.221 e. The number of hydrogen-bond donors (Lipinski definition) is 2. The van der Waals surface area contributed by atoms with E-state index in [1.165, 1.54) is 6.92 Å². The molecular weight excluding hydrogens is 186 g/mol. The maximum Gasteiger partial charge on any atom is 0.221 e. The molecule has 0 saturated heterocycles. The molecule has 1 amide bonds. The van der Waals surface area contributed by atoms with Crippen LogP contribution in [0.25, 0.3) is 0 Å². The Balaban J connectivity index is 2.69. The minimum absolute atomic E-state index is 0.00535. The van der Waals surface area contributed by atoms with Crippen LogP contribution in [0.5, 0.6) is 0 Å². The van der Waals surface area contributed by atoms with Gasteiger partial charge in [0, 0.05) is 6.92 Å². The highest BCUT2D eigenvalue weighted by Crippen LogP contribution is 2.18. The lowest BCUT2D eigenvalue weighted by Gasteiger charge is -2.22. The molecule has 1 aliphatic rings. The van der Waals surface area contributed by atoms with Crippen LogP contribution in [-0.4, -0.2) is 30.0 Å². The Morgan fingerprint density at radius 1 is 1.43 bits per heavy atom. The molecule has 0 spiro atoms. The number of ether oxygens (including phenoxy) is 2. The summed E-state index contributed by atoms with van der Waals surface area (Å²) in [6.45, 7) is 5.05. The lowest BCUT2D eigenvalue weighted by atomic mass is 10.3. The maximum absolute atomic E-state index is 10.8. The Kier molecular flexibility index (Phi) is 3.13. The number of hydrogen-bond acceptors (Lipinski definition) is 4. The van der Waals surface area contributed by atoms with E-state index in [1.54, 1.807) is 13.8 Å². The van der Waals surface area contributed by atoms with Crippen molar-refractivity contribution in [2.75, 3.05) is 13.2 Å². The minimum atomic E-state index is -0.742. The van der Waals surface area contributed by atoms with Gasteiger partial charge in [0.2, 0.25) is 5.91 Å². The fourth-order valence-electron chi connectivity index (χ4n) is 1.02. The molecular formula is C9H15NO4. The molecule has 0 bridgehead atoms. The number of carbonyl (C=O) groups is 1. The van der Waals surface area contributed by atoms with Crippen molar-refractivity contribution in [3.63, 3.8) is 0 Å². The molecule has 0 aromatic heterocycles. The van der Waals surface area contributed by atoms with Gasteiger partial charge in [-0.25, -0.2) is 0 Å². The summed E-state index contributed by atoms with van der Waals surface area (Å²) in [5.74, 6) is -0.977. The van der Waals surface area contributed by atoms with E-state index < -0.39 is 5.79 Å². The van der Waals surface area contributed by atoms with E-state index in [-0.39, 0.29) is 24.9 Å². The zero-order valence-electron chi connectivity index (χ0n) is 8.59. The summed E-state index contributed by atoms with van der Waals surface area (Å²) in [5.41, 5.74) is 0.364. The molecule has 0 aliphatic carbocycles. The summed E-state index contributed by atoms with van der Waals surface area (Å²) in [5, 5.41) is 12.0. The molecule has 2 N–H and O–H groups in total. The van der Waals surface area contributed by atoms with Gasteiger partial charge in [0.25, 0.3) is 0 Å². The van der Waals surface area contributed by atoms with Gasteiger partial charge in [-0.3, -0.25) is 4.79 Å². The van der Waals surface area contributed by atoms with Crippen molar-refractivity contribution in [1.29, 1.82) is 0 Å². The molecule has 0 aromatic carbocycles. The van der Waals surface area contributed by atoms with Crippen LogP contribution in [-0.2, 0) is 14.3 Å². The number of aliphatic hydroxyl groups excluding tert-OH is 1. The zero-order valence-corrected chi connectivity index (χ0v) is 8.59. The summed E-state index contributed by atoms with van der Waals surface area (Å²) < 4.78 is 10.6. The highest BCUT2D eigenvalue weighted by atomic mass is 16.7. The predicted octanol–water partition coefficient (Wildman–Crippen LogP) is 0.675. The number of rotatable bonds is 1. The molecule has 0 aromatic rings. The van der Waals surface area contributed by atoms with Crippen LogP contribution in [0.1, 0.15) is 20.8 Å². The van der Waals surface area contributed by atoms with Crippen LogP contribution in [0.3, 0.4) is 0 Å². The topological polar surface area (TPSA) is 67.8 Å². The van der Waals surface area contributed by atoms with Gasteiger partial charge in [0.05, 0.1) is 12.3 Å². The third kappa shape index (κ3) is 3.01. The quantitative estimate of drug-likeness (QED) is 0.654. The van der Waals surface area contributed by atoms with Crippen LogP contribution in [0, 0.1) is 0 Å². The van der Waals surface area contributed by atoms with Gasteiger partial charge in [-0.05, 0) is 13.8 Å². The highest BCUT2D eigenvalue weighted by molar-refractivity contribution is 5.75. The average molecular weight is 201 g/mol. The lowest BCUT2D eigenvalue weighted by Crippen LogP contribution is -2.29. The molecule has 1 aliphatic heterocycles. The molecule has 0 radical (unpaired) electrons. The fourth-order valence-corrected chi connectivity index (χ4v) is 1.02. The first-order valence-electron chi connectivity index (χ1n) is 4.37. The maximum atomic E-state index is 10.8. The monoisotopic (exact) mass is 201 g/mol. The number of nitrogens with one attached hydrogen (secondary N) is 1. The van der Waals surface area contributed by atoms with Crippen molar-refractivity contribution in [3.8, 4) is 0 Å². The van der Waals surface area contributed by atoms with Crippen molar-refractivity contribution >= 4 is 5.91 Å².